The SMILES string of the molecule is CCOc1ccccc1NS(=O)(=O)c1cc(C(=O)N2CCCCC2)n(C)c1C. The maximum atomic E-state index is 13.0. The van der Waals surface area contributed by atoms with Gasteiger partial charge in [0, 0.05) is 25.8 Å². The Labute approximate surface area is 166 Å². The molecule has 2 aromatic rings. The smallest absolute Gasteiger partial charge is 0.270 e. The zero-order valence-corrected chi connectivity index (χ0v) is 17.4. The summed E-state index contributed by atoms with van der Waals surface area (Å²) in [6, 6.07) is 8.36. The topological polar surface area (TPSA) is 80.6 Å². The summed E-state index contributed by atoms with van der Waals surface area (Å²) < 4.78 is 35.8. The number of likely N-dealkylation sites (tertiary alicyclic amines) is 1. The largest absolute Gasteiger partial charge is 0.492 e. The van der Waals surface area contributed by atoms with Crippen molar-refractivity contribution < 1.29 is 17.9 Å². The first-order valence-corrected chi connectivity index (χ1v) is 11.0. The molecule has 0 unspecified atom stereocenters. The Kier molecular flexibility index (Phi) is 5.98. The van der Waals surface area contributed by atoms with Crippen LogP contribution in [0.1, 0.15) is 42.4 Å². The molecule has 0 radical (unpaired) electrons. The average Bonchev–Trinajstić information content (AvgIpc) is 2.99. The predicted molar refractivity (Wildman–Crippen MR) is 108 cm³/mol. The Morgan fingerprint density at radius 1 is 1.18 bits per heavy atom. The average molecular weight is 406 g/mol. The second kappa shape index (κ2) is 8.26. The van der Waals surface area contributed by atoms with Crippen LogP contribution in [-0.2, 0) is 17.1 Å². The lowest BCUT2D eigenvalue weighted by atomic mass is 10.1. The molecule has 0 bridgehead atoms. The van der Waals surface area contributed by atoms with Gasteiger partial charge in [0.25, 0.3) is 15.9 Å². The van der Waals surface area contributed by atoms with Crippen molar-refractivity contribution in [2.24, 2.45) is 7.05 Å². The fourth-order valence-corrected chi connectivity index (χ4v) is 4.80. The van der Waals surface area contributed by atoms with E-state index in [9.17, 15) is 13.2 Å². The minimum Gasteiger partial charge on any atom is -0.492 e. The van der Waals surface area contributed by atoms with Gasteiger partial charge in [0.05, 0.1) is 12.3 Å². The molecule has 1 aromatic heterocycles. The molecule has 1 N–H and O–H groups in total. The van der Waals surface area contributed by atoms with Gasteiger partial charge in [-0.25, -0.2) is 8.42 Å². The van der Waals surface area contributed by atoms with Crippen molar-refractivity contribution in [3.63, 3.8) is 0 Å². The van der Waals surface area contributed by atoms with Crippen LogP contribution in [-0.4, -0.2) is 43.5 Å². The van der Waals surface area contributed by atoms with E-state index >= 15 is 0 Å². The number of ether oxygens (including phenoxy) is 1. The quantitative estimate of drug-likeness (QED) is 0.800. The summed E-state index contributed by atoms with van der Waals surface area (Å²) in [5.74, 6) is 0.341. The standard InChI is InChI=1S/C20H27N3O4S/c1-4-27-18-11-7-6-10-16(18)21-28(25,26)19-14-17(22(3)15(19)2)20(24)23-12-8-5-9-13-23/h6-7,10-11,14,21H,4-5,8-9,12-13H2,1-3H3. The summed E-state index contributed by atoms with van der Waals surface area (Å²) >= 11 is 0. The maximum absolute atomic E-state index is 13.0. The van der Waals surface area contributed by atoms with Crippen LogP contribution < -0.4 is 9.46 Å². The summed E-state index contributed by atoms with van der Waals surface area (Å²) in [5.41, 5.74) is 1.27. The lowest BCUT2D eigenvalue weighted by Crippen LogP contribution is -2.36. The molecule has 0 aliphatic carbocycles. The highest BCUT2D eigenvalue weighted by molar-refractivity contribution is 7.92. The van der Waals surface area contributed by atoms with Gasteiger partial charge in [0.2, 0.25) is 0 Å². The molecule has 1 fully saturated rings. The Bertz CT molecular complexity index is 960. The van der Waals surface area contributed by atoms with E-state index in [4.69, 9.17) is 4.74 Å². The van der Waals surface area contributed by atoms with Crippen molar-refractivity contribution in [1.29, 1.82) is 0 Å². The summed E-state index contributed by atoms with van der Waals surface area (Å²) in [4.78, 5) is 14.8. The van der Waals surface area contributed by atoms with Gasteiger partial charge in [0.1, 0.15) is 16.3 Å². The second-order valence-corrected chi connectivity index (χ2v) is 8.58. The number of hydrogen-bond donors (Lipinski definition) is 1. The van der Waals surface area contributed by atoms with E-state index in [2.05, 4.69) is 4.72 Å². The fraction of sp³-hybridized carbons (Fsp3) is 0.450. The summed E-state index contributed by atoms with van der Waals surface area (Å²) in [6.45, 7) is 5.40. The van der Waals surface area contributed by atoms with E-state index in [1.165, 1.54) is 6.07 Å². The number of nitrogens with one attached hydrogen (secondary N) is 1. The summed E-state index contributed by atoms with van der Waals surface area (Å²) in [6.07, 6.45) is 3.09. The van der Waals surface area contributed by atoms with E-state index in [-0.39, 0.29) is 10.8 Å². The molecule has 1 aliphatic rings. The number of carbonyl (C=O) groups is 1. The summed E-state index contributed by atoms with van der Waals surface area (Å²) in [5, 5.41) is 0. The molecule has 8 heteroatoms. The molecule has 1 aromatic carbocycles. The molecule has 0 spiro atoms. The monoisotopic (exact) mass is 405 g/mol. The molecular formula is C20H27N3O4S. The van der Waals surface area contributed by atoms with E-state index in [1.807, 2.05) is 6.92 Å². The lowest BCUT2D eigenvalue weighted by molar-refractivity contribution is 0.0714. The van der Waals surface area contributed by atoms with Crippen LogP contribution in [0, 0.1) is 6.92 Å². The van der Waals surface area contributed by atoms with Crippen LogP contribution in [0.2, 0.25) is 0 Å². The number of anilines is 1. The zero-order valence-electron chi connectivity index (χ0n) is 16.6. The maximum Gasteiger partial charge on any atom is 0.270 e. The van der Waals surface area contributed by atoms with Crippen LogP contribution in [0.4, 0.5) is 5.69 Å². The zero-order chi connectivity index (χ0) is 20.3. The highest BCUT2D eigenvalue weighted by Crippen LogP contribution is 2.29. The molecule has 1 amide bonds. The first-order chi connectivity index (χ1) is 13.3. The number of hydrogen-bond acceptors (Lipinski definition) is 4. The van der Waals surface area contributed by atoms with Crippen LogP contribution in [0.25, 0.3) is 0 Å². The minimum atomic E-state index is -3.87. The number of benzene rings is 1. The second-order valence-electron chi connectivity index (χ2n) is 6.93. The lowest BCUT2D eigenvalue weighted by Gasteiger charge is -2.26. The Balaban J connectivity index is 1.92. The van der Waals surface area contributed by atoms with Gasteiger partial charge < -0.3 is 14.2 Å². The highest BCUT2D eigenvalue weighted by atomic mass is 32.2. The normalized spacial score (nSPS) is 14.8. The van der Waals surface area contributed by atoms with Gasteiger partial charge in [0.15, 0.2) is 0 Å². The number of carbonyl (C=O) groups excluding carboxylic acids is 1. The van der Waals surface area contributed by atoms with E-state index in [0.29, 0.717) is 42.5 Å². The third-order valence-corrected chi connectivity index (χ3v) is 6.55. The van der Waals surface area contributed by atoms with Gasteiger partial charge >= 0.3 is 0 Å². The number of piperidine rings is 1. The third-order valence-electron chi connectivity index (χ3n) is 5.07. The summed E-state index contributed by atoms with van der Waals surface area (Å²) in [7, 11) is -2.15. The fourth-order valence-electron chi connectivity index (χ4n) is 3.44. The number of rotatable bonds is 6. The van der Waals surface area contributed by atoms with Crippen molar-refractivity contribution in [3.8, 4) is 5.75 Å². The first kappa shape index (κ1) is 20.3. The van der Waals surface area contributed by atoms with E-state index in [1.54, 1.807) is 47.7 Å². The van der Waals surface area contributed by atoms with Crippen molar-refractivity contribution in [1.82, 2.24) is 9.47 Å². The Morgan fingerprint density at radius 2 is 1.86 bits per heavy atom. The highest BCUT2D eigenvalue weighted by Gasteiger charge is 2.28. The molecule has 0 atom stereocenters. The number of para-hydroxylation sites is 2. The molecule has 1 saturated heterocycles. The molecule has 7 nitrogen and oxygen atoms in total. The molecular weight excluding hydrogens is 378 g/mol. The molecule has 152 valence electrons. The van der Waals surface area contributed by atoms with Gasteiger partial charge in [-0.15, -0.1) is 0 Å². The number of nitrogens with zero attached hydrogens (tertiary/aromatic N) is 2. The van der Waals surface area contributed by atoms with Crippen LogP contribution >= 0.6 is 0 Å². The van der Waals surface area contributed by atoms with Crippen molar-refractivity contribution in [2.75, 3.05) is 24.4 Å². The number of aromatic nitrogens is 1. The molecule has 2 heterocycles. The van der Waals surface area contributed by atoms with Crippen molar-refractivity contribution >= 4 is 21.6 Å². The van der Waals surface area contributed by atoms with Gasteiger partial charge in [-0.05, 0) is 51.3 Å². The first-order valence-electron chi connectivity index (χ1n) is 9.55. The molecule has 0 saturated carbocycles. The van der Waals surface area contributed by atoms with Crippen LogP contribution in [0.5, 0.6) is 5.75 Å². The van der Waals surface area contributed by atoms with E-state index in [0.717, 1.165) is 19.3 Å². The van der Waals surface area contributed by atoms with Crippen molar-refractivity contribution in [2.45, 2.75) is 38.0 Å². The Morgan fingerprint density at radius 3 is 2.54 bits per heavy atom. The molecule has 1 aliphatic heterocycles. The third kappa shape index (κ3) is 4.01. The predicted octanol–water partition coefficient (Wildman–Crippen LogP) is 3.16. The Hall–Kier alpha value is -2.48. The minimum absolute atomic E-state index is 0.0988. The van der Waals surface area contributed by atoms with Crippen LogP contribution in [0.15, 0.2) is 35.2 Å². The van der Waals surface area contributed by atoms with Crippen molar-refractivity contribution in [3.05, 3.63) is 41.7 Å². The van der Waals surface area contributed by atoms with Gasteiger partial charge in [-0.1, -0.05) is 12.1 Å². The molecule has 3 rings (SSSR count). The number of sulfonamides is 1. The van der Waals surface area contributed by atoms with E-state index < -0.39 is 10.0 Å². The number of amides is 1. The van der Waals surface area contributed by atoms with Gasteiger partial charge in [-0.3, -0.25) is 9.52 Å². The molecule has 28 heavy (non-hydrogen) atoms. The van der Waals surface area contributed by atoms with Crippen LogP contribution in [0.3, 0.4) is 0 Å². The van der Waals surface area contributed by atoms with Gasteiger partial charge in [-0.2, -0.15) is 0 Å².